The smallest absolute Gasteiger partial charge is 0.255 e. The van der Waals surface area contributed by atoms with Crippen molar-refractivity contribution in [2.75, 3.05) is 5.32 Å². The van der Waals surface area contributed by atoms with Crippen molar-refractivity contribution in [3.8, 4) is 5.75 Å². The van der Waals surface area contributed by atoms with E-state index in [1.165, 1.54) is 231 Å². The molecule has 5 heteroatoms. The molecule has 0 aliphatic rings. The molecule has 0 atom stereocenters. The summed E-state index contributed by atoms with van der Waals surface area (Å²) in [6.07, 6.45) is 58.6. The normalized spacial score (nSPS) is 11.7. The van der Waals surface area contributed by atoms with E-state index < -0.39 is 0 Å². The molecule has 0 aliphatic carbocycles. The lowest BCUT2D eigenvalue weighted by Gasteiger charge is -2.07. The van der Waals surface area contributed by atoms with Crippen LogP contribution in [0.5, 0.6) is 5.75 Å². The summed E-state index contributed by atoms with van der Waals surface area (Å²) in [7, 11) is 0. The first kappa shape index (κ1) is 55.2. The number of hydrogen-bond donors (Lipinski definition) is 2. The lowest BCUT2D eigenvalue weighted by molar-refractivity contribution is 0.102. The molecular weight excluding hydrogens is 759 g/mol. The summed E-state index contributed by atoms with van der Waals surface area (Å²) in [4.78, 5) is 22.8. The van der Waals surface area contributed by atoms with Crippen LogP contribution >= 0.6 is 0 Å². The Morgan fingerprint density at radius 2 is 0.694 bits per heavy atom. The van der Waals surface area contributed by atoms with Crippen LogP contribution in [0.25, 0.3) is 0 Å². The van der Waals surface area contributed by atoms with Crippen molar-refractivity contribution in [3.63, 3.8) is 0 Å². The summed E-state index contributed by atoms with van der Waals surface area (Å²) in [6.45, 7) is 4.59. The number of carbonyl (C=O) groups is 1. The number of phenols is 1. The monoisotopic (exact) mass is 856 g/mol. The highest BCUT2D eigenvalue weighted by atomic mass is 16.3. The van der Waals surface area contributed by atoms with E-state index in [9.17, 15) is 9.90 Å². The molecule has 5 nitrogen and oxygen atoms in total. The number of anilines is 1. The van der Waals surface area contributed by atoms with Gasteiger partial charge in [0.2, 0.25) is 0 Å². The summed E-state index contributed by atoms with van der Waals surface area (Å²) in [6, 6.07) is 12.2. The number of nitrogens with one attached hydrogen (secondary N) is 1. The maximum Gasteiger partial charge on any atom is 0.255 e. The predicted octanol–water partition coefficient (Wildman–Crippen LogP) is 19.7. The second-order valence-electron chi connectivity index (χ2n) is 18.7. The predicted molar refractivity (Wildman–Crippen MR) is 275 cm³/mol. The summed E-state index contributed by atoms with van der Waals surface area (Å²) in [5.41, 5.74) is 2.70. The quantitative estimate of drug-likeness (QED) is 0.0396. The van der Waals surface area contributed by atoms with Crippen molar-refractivity contribution in [1.82, 2.24) is 0 Å². The van der Waals surface area contributed by atoms with Crippen LogP contribution in [0.15, 0.2) is 52.4 Å². The molecule has 2 aromatic carbocycles. The second-order valence-corrected chi connectivity index (χ2v) is 18.7. The molecule has 352 valence electrons. The lowest BCUT2D eigenvalue weighted by atomic mass is 10.0. The molecule has 0 aromatic heterocycles. The number of hydrogen-bond acceptors (Lipinski definition) is 4. The van der Waals surface area contributed by atoms with Gasteiger partial charge in [-0.2, -0.15) is 0 Å². The van der Waals surface area contributed by atoms with Crippen molar-refractivity contribution < 1.29 is 9.90 Å². The number of unbranched alkanes of at least 4 members (excludes halogenated alkanes) is 38. The summed E-state index contributed by atoms with van der Waals surface area (Å²) >= 11 is 0. The first-order valence-corrected chi connectivity index (χ1v) is 26.9. The molecule has 2 aromatic rings. The van der Waals surface area contributed by atoms with Crippen LogP contribution in [0.1, 0.15) is 281 Å². The van der Waals surface area contributed by atoms with Crippen LogP contribution in [0.2, 0.25) is 0 Å². The Labute approximate surface area is 383 Å². The molecule has 0 fully saturated rings. The third-order valence-electron chi connectivity index (χ3n) is 12.6. The van der Waals surface area contributed by atoms with Crippen molar-refractivity contribution >= 4 is 35.4 Å². The third kappa shape index (κ3) is 33.6. The van der Waals surface area contributed by atoms with Crippen molar-refractivity contribution in [1.29, 1.82) is 0 Å². The van der Waals surface area contributed by atoms with Gasteiger partial charge in [0, 0.05) is 23.7 Å². The molecule has 0 saturated heterocycles. The third-order valence-corrected chi connectivity index (χ3v) is 12.6. The largest absolute Gasteiger partial charge is 0.508 e. The van der Waals surface area contributed by atoms with Gasteiger partial charge >= 0.3 is 0 Å². The van der Waals surface area contributed by atoms with Gasteiger partial charge in [0.1, 0.15) is 5.75 Å². The lowest BCUT2D eigenvalue weighted by Crippen LogP contribution is -2.11. The molecule has 0 unspecified atom stereocenters. The number of aliphatic imine (C=N–C) groups is 2. The minimum absolute atomic E-state index is 0.172. The molecule has 1 amide bonds. The maximum absolute atomic E-state index is 13.3. The number of benzene rings is 2. The van der Waals surface area contributed by atoms with E-state index in [1.807, 2.05) is 30.6 Å². The summed E-state index contributed by atoms with van der Waals surface area (Å²) in [5.74, 6) is -0.0344. The van der Waals surface area contributed by atoms with E-state index >= 15 is 0 Å². The Bertz CT molecular complexity index is 1280. The molecule has 0 spiro atoms. The van der Waals surface area contributed by atoms with Gasteiger partial charge in [-0.3, -0.25) is 14.8 Å². The van der Waals surface area contributed by atoms with Crippen LogP contribution < -0.4 is 5.32 Å². The minimum atomic E-state index is -0.207. The van der Waals surface area contributed by atoms with E-state index in [2.05, 4.69) is 19.2 Å². The van der Waals surface area contributed by atoms with E-state index in [0.29, 0.717) is 11.3 Å². The highest BCUT2D eigenvalue weighted by Crippen LogP contribution is 2.26. The first-order valence-electron chi connectivity index (χ1n) is 26.9. The van der Waals surface area contributed by atoms with E-state index in [1.54, 1.807) is 24.3 Å². The first-order chi connectivity index (χ1) is 30.6. The molecule has 0 saturated carbocycles. The van der Waals surface area contributed by atoms with Crippen LogP contribution in [0.3, 0.4) is 0 Å². The van der Waals surface area contributed by atoms with Gasteiger partial charge in [0.15, 0.2) is 0 Å². The molecule has 62 heavy (non-hydrogen) atoms. The van der Waals surface area contributed by atoms with Gasteiger partial charge < -0.3 is 10.4 Å². The fourth-order valence-corrected chi connectivity index (χ4v) is 8.59. The van der Waals surface area contributed by atoms with Crippen molar-refractivity contribution in [3.05, 3.63) is 48.0 Å². The van der Waals surface area contributed by atoms with Crippen LogP contribution in [0, 0.1) is 0 Å². The van der Waals surface area contributed by atoms with Gasteiger partial charge in [-0.05, 0) is 68.1 Å². The van der Waals surface area contributed by atoms with Gasteiger partial charge in [0.05, 0.1) is 11.4 Å². The number of nitrogens with zero attached hydrogens (tertiary/aromatic N) is 2. The topological polar surface area (TPSA) is 74.0 Å². The van der Waals surface area contributed by atoms with Crippen LogP contribution in [0.4, 0.5) is 17.1 Å². The molecule has 0 bridgehead atoms. The van der Waals surface area contributed by atoms with Gasteiger partial charge in [0.25, 0.3) is 5.91 Å². The van der Waals surface area contributed by atoms with Gasteiger partial charge in [-0.1, -0.05) is 245 Å². The number of rotatable bonds is 44. The van der Waals surface area contributed by atoms with E-state index in [4.69, 9.17) is 9.98 Å². The van der Waals surface area contributed by atoms with E-state index in [-0.39, 0.29) is 11.7 Å². The molecule has 0 radical (unpaired) electrons. The fraction of sp³-hybridized carbons (Fsp3) is 0.737. The van der Waals surface area contributed by atoms with Crippen LogP contribution in [-0.2, 0) is 0 Å². The second kappa shape index (κ2) is 42.0. The molecule has 2 N–H and O–H groups in total. The SMILES string of the molecule is CCCCCCCCCCCCCCCCCCCCC/C=N/c1cc(/N=C/CCCCCCCCCCCCCCCCCCCCC)cc(C(=O)Nc2ccc(O)cc2)c1. The summed E-state index contributed by atoms with van der Waals surface area (Å²) in [5, 5.41) is 12.6. The standard InChI is InChI=1S/C57H97N3O2/c1-3-5-7-9-11-13-15-17-19-21-23-25-27-29-31-33-35-37-39-41-47-58-54-49-52(57(62)60-53-43-45-56(61)46-44-53)50-55(51-54)59-48-42-40-38-36-34-32-30-28-26-24-22-20-18-16-14-12-10-8-6-4-2/h43-51,61H,3-42H2,1-2H3,(H,60,62)/b58-47+,59-48+. The zero-order valence-electron chi connectivity index (χ0n) is 40.7. The zero-order chi connectivity index (χ0) is 44.2. The number of amides is 1. The highest BCUT2D eigenvalue weighted by molar-refractivity contribution is 6.05. The van der Waals surface area contributed by atoms with Gasteiger partial charge in [-0.25, -0.2) is 0 Å². The van der Waals surface area contributed by atoms with Crippen LogP contribution in [-0.4, -0.2) is 23.4 Å². The molecule has 0 heterocycles. The van der Waals surface area contributed by atoms with Gasteiger partial charge in [-0.15, -0.1) is 0 Å². The molecule has 0 aliphatic heterocycles. The Hall–Kier alpha value is -2.95. The average Bonchev–Trinajstić information content (AvgIpc) is 3.28. The van der Waals surface area contributed by atoms with Crippen molar-refractivity contribution in [2.24, 2.45) is 9.98 Å². The maximum atomic E-state index is 13.3. The Morgan fingerprint density at radius 3 is 0.984 bits per heavy atom. The minimum Gasteiger partial charge on any atom is -0.508 e. The number of carbonyl (C=O) groups excluding carboxylic acids is 1. The number of phenolic OH excluding ortho intramolecular Hbond substituents is 1. The Morgan fingerprint density at radius 1 is 0.419 bits per heavy atom. The molecule has 2 rings (SSSR count). The Balaban J connectivity index is 1.58. The zero-order valence-corrected chi connectivity index (χ0v) is 40.7. The average molecular weight is 856 g/mol. The molecular formula is C57H97N3O2. The fourth-order valence-electron chi connectivity index (χ4n) is 8.59. The van der Waals surface area contributed by atoms with Crippen molar-refractivity contribution in [2.45, 2.75) is 271 Å². The number of aromatic hydroxyl groups is 1. The summed E-state index contributed by atoms with van der Waals surface area (Å²) < 4.78 is 0. The Kier molecular flexibility index (Phi) is 37.4. The van der Waals surface area contributed by atoms with E-state index in [0.717, 1.165) is 37.1 Å². The highest BCUT2D eigenvalue weighted by Gasteiger charge is 2.10.